The lowest BCUT2D eigenvalue weighted by Crippen LogP contribution is -2.28. The van der Waals surface area contributed by atoms with Crippen LogP contribution in [0.3, 0.4) is 0 Å². The molecule has 0 saturated carbocycles. The highest BCUT2D eigenvalue weighted by Crippen LogP contribution is 2.40. The summed E-state index contributed by atoms with van der Waals surface area (Å²) in [5.74, 6) is 0. The Hall–Kier alpha value is -0.820. The summed E-state index contributed by atoms with van der Waals surface area (Å²) in [7, 11) is 0. The lowest BCUT2D eigenvalue weighted by Gasteiger charge is -2.35. The van der Waals surface area contributed by atoms with Crippen LogP contribution in [0.2, 0.25) is 0 Å². The molecule has 0 aromatic heterocycles. The second-order valence-electron chi connectivity index (χ2n) is 5.51. The maximum atomic E-state index is 9.79. The van der Waals surface area contributed by atoms with Gasteiger partial charge in [0.2, 0.25) is 0 Å². The van der Waals surface area contributed by atoms with Crippen molar-refractivity contribution in [3.05, 3.63) is 34.9 Å². The molecule has 1 aliphatic carbocycles. The van der Waals surface area contributed by atoms with Gasteiger partial charge in [0.1, 0.15) is 0 Å². The largest absolute Gasteiger partial charge is 0.393 e. The van der Waals surface area contributed by atoms with Gasteiger partial charge in [0, 0.05) is 0 Å². The molecule has 0 spiro atoms. The van der Waals surface area contributed by atoms with Crippen LogP contribution >= 0.6 is 0 Å². The van der Waals surface area contributed by atoms with Crippen LogP contribution in [0.4, 0.5) is 0 Å². The molecule has 0 radical (unpaired) electrons. The van der Waals surface area contributed by atoms with Crippen LogP contribution in [0.25, 0.3) is 0 Å². The van der Waals surface area contributed by atoms with Crippen LogP contribution in [0.15, 0.2) is 34.9 Å². The molecule has 0 bridgehead atoms. The fourth-order valence-electron chi connectivity index (χ4n) is 2.49. The molecule has 1 N–H and O–H groups in total. The van der Waals surface area contributed by atoms with Crippen LogP contribution < -0.4 is 0 Å². The van der Waals surface area contributed by atoms with Gasteiger partial charge in [0.15, 0.2) is 0 Å². The van der Waals surface area contributed by atoms with Crippen molar-refractivity contribution in [2.24, 2.45) is 5.41 Å². The Morgan fingerprint density at radius 2 is 2.06 bits per heavy atom. The fraction of sp³-hybridized carbons (Fsp3) is 0.600. The Morgan fingerprint density at radius 3 is 2.56 bits per heavy atom. The third-order valence-corrected chi connectivity index (χ3v) is 3.44. The van der Waals surface area contributed by atoms with Crippen LogP contribution in [-0.2, 0) is 0 Å². The van der Waals surface area contributed by atoms with Gasteiger partial charge in [-0.1, -0.05) is 43.2 Å². The molecule has 0 amide bonds. The number of hydrogen-bond donors (Lipinski definition) is 1. The molecule has 1 heteroatoms. The van der Waals surface area contributed by atoms with E-state index in [1.807, 2.05) is 0 Å². The Morgan fingerprint density at radius 1 is 1.44 bits per heavy atom. The molecule has 0 heterocycles. The van der Waals surface area contributed by atoms with E-state index in [4.69, 9.17) is 0 Å². The lowest BCUT2D eigenvalue weighted by molar-refractivity contribution is 0.116. The molecule has 0 aliphatic heterocycles. The van der Waals surface area contributed by atoms with Crippen molar-refractivity contribution in [3.63, 3.8) is 0 Å². The maximum Gasteiger partial charge on any atom is 0.0585 e. The van der Waals surface area contributed by atoms with E-state index < -0.39 is 0 Å². The van der Waals surface area contributed by atoms with E-state index in [-0.39, 0.29) is 11.5 Å². The second kappa shape index (κ2) is 5.01. The first-order valence-corrected chi connectivity index (χ1v) is 6.06. The van der Waals surface area contributed by atoms with Crippen molar-refractivity contribution < 1.29 is 5.11 Å². The molecule has 0 saturated heterocycles. The van der Waals surface area contributed by atoms with Gasteiger partial charge < -0.3 is 5.11 Å². The third-order valence-electron chi connectivity index (χ3n) is 3.44. The summed E-state index contributed by atoms with van der Waals surface area (Å²) in [5.41, 5.74) is 4.08. The smallest absolute Gasteiger partial charge is 0.0585 e. The van der Waals surface area contributed by atoms with Crippen molar-refractivity contribution in [2.45, 2.75) is 53.6 Å². The minimum Gasteiger partial charge on any atom is -0.393 e. The zero-order valence-electron chi connectivity index (χ0n) is 11.2. The molecule has 1 rings (SSSR count). The molecule has 0 aromatic carbocycles. The SMILES string of the molecule is C/C=C(C)/C=C/C1=C(C)CC(O)CC1(C)C. The van der Waals surface area contributed by atoms with E-state index in [2.05, 4.69) is 52.8 Å². The van der Waals surface area contributed by atoms with Crippen LogP contribution in [-0.4, -0.2) is 11.2 Å². The van der Waals surface area contributed by atoms with E-state index in [0.29, 0.717) is 0 Å². The Bertz CT molecular complexity index is 342. The van der Waals surface area contributed by atoms with Gasteiger partial charge in [0.05, 0.1) is 6.10 Å². The molecular weight excluding hydrogens is 196 g/mol. The van der Waals surface area contributed by atoms with Crippen molar-refractivity contribution in [1.29, 1.82) is 0 Å². The van der Waals surface area contributed by atoms with E-state index in [1.165, 1.54) is 16.7 Å². The molecule has 0 aromatic rings. The normalized spacial score (nSPS) is 26.6. The predicted molar refractivity (Wildman–Crippen MR) is 70.3 cm³/mol. The van der Waals surface area contributed by atoms with Gasteiger partial charge in [-0.25, -0.2) is 0 Å². The second-order valence-corrected chi connectivity index (χ2v) is 5.51. The first-order chi connectivity index (χ1) is 7.36. The molecule has 1 nitrogen and oxygen atoms in total. The highest BCUT2D eigenvalue weighted by molar-refractivity contribution is 5.36. The molecule has 0 fully saturated rings. The summed E-state index contributed by atoms with van der Waals surface area (Å²) in [5, 5.41) is 9.79. The van der Waals surface area contributed by atoms with Gasteiger partial charge >= 0.3 is 0 Å². The number of hydrogen-bond acceptors (Lipinski definition) is 1. The Balaban J connectivity index is 3.00. The summed E-state index contributed by atoms with van der Waals surface area (Å²) in [6, 6.07) is 0. The average molecular weight is 220 g/mol. The van der Waals surface area contributed by atoms with E-state index in [9.17, 15) is 5.11 Å². The number of allylic oxidation sites excluding steroid dienone is 5. The molecule has 1 unspecified atom stereocenters. The van der Waals surface area contributed by atoms with Gasteiger partial charge in [-0.2, -0.15) is 0 Å². The first-order valence-electron chi connectivity index (χ1n) is 6.06. The number of rotatable bonds is 2. The minimum absolute atomic E-state index is 0.0896. The Kier molecular flexibility index (Phi) is 4.15. The zero-order valence-corrected chi connectivity index (χ0v) is 11.2. The third kappa shape index (κ3) is 3.08. The first kappa shape index (κ1) is 13.2. The monoisotopic (exact) mass is 220 g/mol. The van der Waals surface area contributed by atoms with E-state index in [0.717, 1.165) is 12.8 Å². The average Bonchev–Trinajstić information content (AvgIpc) is 2.14. The van der Waals surface area contributed by atoms with Crippen LogP contribution in [0.5, 0.6) is 0 Å². The topological polar surface area (TPSA) is 20.2 Å². The highest BCUT2D eigenvalue weighted by atomic mass is 16.3. The predicted octanol–water partition coefficient (Wildman–Crippen LogP) is 4.01. The lowest BCUT2D eigenvalue weighted by atomic mass is 9.71. The molecular formula is C15H24O. The van der Waals surface area contributed by atoms with E-state index >= 15 is 0 Å². The van der Waals surface area contributed by atoms with Crippen molar-refractivity contribution in [3.8, 4) is 0 Å². The van der Waals surface area contributed by atoms with Gasteiger partial charge in [-0.3, -0.25) is 0 Å². The fourth-order valence-corrected chi connectivity index (χ4v) is 2.49. The summed E-state index contributed by atoms with van der Waals surface area (Å²) in [6.45, 7) is 10.7. The van der Waals surface area contributed by atoms with Crippen molar-refractivity contribution >= 4 is 0 Å². The summed E-state index contributed by atoms with van der Waals surface area (Å²) in [6.07, 6.45) is 8.00. The maximum absolute atomic E-state index is 9.79. The molecule has 90 valence electrons. The van der Waals surface area contributed by atoms with Crippen molar-refractivity contribution in [2.75, 3.05) is 0 Å². The number of aliphatic hydroxyl groups excluding tert-OH is 1. The van der Waals surface area contributed by atoms with Crippen molar-refractivity contribution in [1.82, 2.24) is 0 Å². The zero-order chi connectivity index (χ0) is 12.3. The quantitative estimate of drug-likeness (QED) is 0.697. The molecule has 1 atom stereocenters. The van der Waals surface area contributed by atoms with E-state index in [1.54, 1.807) is 0 Å². The Labute approximate surface area is 99.6 Å². The summed E-state index contributed by atoms with van der Waals surface area (Å²) >= 11 is 0. The van der Waals surface area contributed by atoms with Gasteiger partial charge in [0.25, 0.3) is 0 Å². The van der Waals surface area contributed by atoms with Crippen LogP contribution in [0.1, 0.15) is 47.5 Å². The summed E-state index contributed by atoms with van der Waals surface area (Å²) in [4.78, 5) is 0. The minimum atomic E-state index is -0.171. The van der Waals surface area contributed by atoms with Crippen LogP contribution in [0, 0.1) is 5.41 Å². The van der Waals surface area contributed by atoms with Gasteiger partial charge in [-0.15, -0.1) is 0 Å². The van der Waals surface area contributed by atoms with Gasteiger partial charge in [-0.05, 0) is 44.6 Å². The highest BCUT2D eigenvalue weighted by Gasteiger charge is 2.31. The standard InChI is InChI=1S/C15H24O/c1-6-11(2)7-8-14-12(3)9-13(16)10-15(14,4)5/h6-8,13,16H,9-10H2,1-5H3/b8-7+,11-6+. The summed E-state index contributed by atoms with van der Waals surface area (Å²) < 4.78 is 0. The molecule has 1 aliphatic rings. The molecule has 16 heavy (non-hydrogen) atoms. The number of aliphatic hydroxyl groups is 1.